The molecule has 0 bridgehead atoms. The van der Waals surface area contributed by atoms with E-state index in [2.05, 4.69) is 0 Å². The van der Waals surface area contributed by atoms with Gasteiger partial charge in [-0.05, 0) is 36.8 Å². The summed E-state index contributed by atoms with van der Waals surface area (Å²) in [6.07, 6.45) is 2.18. The smallest absolute Gasteiger partial charge is 0.0884 e. The summed E-state index contributed by atoms with van der Waals surface area (Å²) in [5, 5.41) is 9.05. The molecule has 1 aliphatic heterocycles. The number of aliphatic hydroxyl groups excluding tert-OH is 1. The van der Waals surface area contributed by atoms with Gasteiger partial charge in [-0.25, -0.2) is 0 Å². The zero-order valence-corrected chi connectivity index (χ0v) is 6.50. The highest BCUT2D eigenvalue weighted by molar-refractivity contribution is 7.99. The number of hydrogen-bond donors (Lipinski definition) is 1. The number of aliphatic hydroxyl groups is 1. The van der Waals surface area contributed by atoms with Crippen LogP contribution < -0.4 is 0 Å². The summed E-state index contributed by atoms with van der Waals surface area (Å²) in [5.41, 5.74) is 1.26. The van der Waals surface area contributed by atoms with Gasteiger partial charge in [-0.2, -0.15) is 11.8 Å². The maximum atomic E-state index is 9.05. The predicted octanol–water partition coefficient (Wildman–Crippen LogP) is 2.35. The lowest BCUT2D eigenvalue weighted by Gasteiger charge is -2.13. The van der Waals surface area contributed by atoms with Gasteiger partial charge in [0.2, 0.25) is 0 Å². The average Bonchev–Trinajstić information content (AvgIpc) is 1.90. The van der Waals surface area contributed by atoms with Gasteiger partial charge in [0, 0.05) is 0 Å². The highest BCUT2D eigenvalue weighted by atomic mass is 32.2. The molecule has 0 radical (unpaired) electrons. The highest BCUT2D eigenvalue weighted by Crippen LogP contribution is 2.23. The van der Waals surface area contributed by atoms with Crippen LogP contribution >= 0.6 is 11.8 Å². The molecule has 0 amide bonds. The van der Waals surface area contributed by atoms with Gasteiger partial charge >= 0.3 is 0 Å². The van der Waals surface area contributed by atoms with Crippen molar-refractivity contribution in [1.82, 2.24) is 0 Å². The first kappa shape index (κ1) is 7.00. The van der Waals surface area contributed by atoms with E-state index in [0.717, 1.165) is 12.8 Å². The number of rotatable bonds is 0. The van der Waals surface area contributed by atoms with Crippen LogP contribution in [0.25, 0.3) is 0 Å². The third-order valence-corrected chi connectivity index (χ3v) is 2.59. The van der Waals surface area contributed by atoms with Crippen molar-refractivity contribution in [2.45, 2.75) is 19.8 Å². The zero-order valence-electron chi connectivity index (χ0n) is 5.68. The molecule has 0 unspecified atom stereocenters. The molecule has 1 aliphatic rings. The number of thioether (sulfide) groups is 1. The van der Waals surface area contributed by atoms with Gasteiger partial charge in [-0.15, -0.1) is 0 Å². The van der Waals surface area contributed by atoms with Crippen LogP contribution in [0.1, 0.15) is 19.8 Å². The van der Waals surface area contributed by atoms with E-state index in [1.807, 2.05) is 11.8 Å². The van der Waals surface area contributed by atoms with Crippen LogP contribution in [-0.2, 0) is 0 Å². The van der Waals surface area contributed by atoms with E-state index in [4.69, 9.17) is 5.11 Å². The van der Waals surface area contributed by atoms with Gasteiger partial charge < -0.3 is 5.11 Å². The monoisotopic (exact) mass is 144 g/mol. The quantitative estimate of drug-likeness (QED) is 0.527. The molecule has 1 saturated heterocycles. The third kappa shape index (κ3) is 1.94. The molecule has 0 spiro atoms. The molecular formula is C7H12OS. The summed E-state index contributed by atoms with van der Waals surface area (Å²) in [5.74, 6) is 2.93. The molecule has 1 heterocycles. The molecule has 0 aromatic rings. The lowest BCUT2D eigenvalue weighted by atomic mass is 10.1. The van der Waals surface area contributed by atoms with E-state index in [-0.39, 0.29) is 0 Å². The highest BCUT2D eigenvalue weighted by Gasteiger charge is 2.07. The second-order valence-electron chi connectivity index (χ2n) is 2.30. The molecule has 1 rings (SSSR count). The molecule has 1 N–H and O–H groups in total. The standard InChI is InChI=1S/C7H12OS/c1-6(8)7-2-4-9-5-3-7/h8H,2-5H2,1H3. The van der Waals surface area contributed by atoms with Gasteiger partial charge in [0.25, 0.3) is 0 Å². The fourth-order valence-electron chi connectivity index (χ4n) is 0.980. The third-order valence-electron chi connectivity index (χ3n) is 1.61. The molecule has 2 heteroatoms. The average molecular weight is 144 g/mol. The molecule has 0 aromatic carbocycles. The minimum atomic E-state index is 0.551. The van der Waals surface area contributed by atoms with Crippen LogP contribution in [0.2, 0.25) is 0 Å². The number of allylic oxidation sites excluding steroid dienone is 2. The molecule has 1 nitrogen and oxygen atoms in total. The Morgan fingerprint density at radius 3 is 2.33 bits per heavy atom. The van der Waals surface area contributed by atoms with Gasteiger partial charge in [0.15, 0.2) is 0 Å². The second kappa shape index (κ2) is 3.16. The largest absolute Gasteiger partial charge is 0.513 e. The maximum Gasteiger partial charge on any atom is 0.0884 e. The van der Waals surface area contributed by atoms with Gasteiger partial charge in [-0.1, -0.05) is 0 Å². The fraction of sp³-hybridized carbons (Fsp3) is 0.714. The van der Waals surface area contributed by atoms with Crippen molar-refractivity contribution < 1.29 is 5.11 Å². The van der Waals surface area contributed by atoms with Crippen LogP contribution in [0.5, 0.6) is 0 Å². The second-order valence-corrected chi connectivity index (χ2v) is 3.53. The first-order valence-electron chi connectivity index (χ1n) is 3.26. The molecule has 1 fully saturated rings. The van der Waals surface area contributed by atoms with Crippen LogP contribution in [0.4, 0.5) is 0 Å². The number of hydrogen-bond acceptors (Lipinski definition) is 2. The van der Waals surface area contributed by atoms with Crippen molar-refractivity contribution >= 4 is 11.8 Å². The summed E-state index contributed by atoms with van der Waals surface area (Å²) >= 11 is 1.97. The van der Waals surface area contributed by atoms with Crippen LogP contribution in [0.15, 0.2) is 11.3 Å². The normalized spacial score (nSPS) is 19.9. The van der Waals surface area contributed by atoms with Crippen LogP contribution in [-0.4, -0.2) is 16.6 Å². The van der Waals surface area contributed by atoms with Crippen molar-refractivity contribution in [2.24, 2.45) is 0 Å². The molecule has 0 atom stereocenters. The Hall–Kier alpha value is -0.110. The van der Waals surface area contributed by atoms with E-state index in [9.17, 15) is 0 Å². The lowest BCUT2D eigenvalue weighted by molar-refractivity contribution is 0.402. The summed E-state index contributed by atoms with van der Waals surface area (Å²) < 4.78 is 0. The zero-order chi connectivity index (χ0) is 6.69. The Kier molecular flexibility index (Phi) is 2.46. The van der Waals surface area contributed by atoms with Gasteiger partial charge in [0.1, 0.15) is 0 Å². The molecular weight excluding hydrogens is 132 g/mol. The topological polar surface area (TPSA) is 20.2 Å². The Morgan fingerprint density at radius 1 is 1.44 bits per heavy atom. The van der Waals surface area contributed by atoms with Crippen LogP contribution in [0.3, 0.4) is 0 Å². The van der Waals surface area contributed by atoms with Crippen molar-refractivity contribution in [3.8, 4) is 0 Å². The van der Waals surface area contributed by atoms with E-state index in [1.54, 1.807) is 6.92 Å². The first-order valence-corrected chi connectivity index (χ1v) is 4.41. The predicted molar refractivity (Wildman–Crippen MR) is 41.9 cm³/mol. The Labute approximate surface area is 60.2 Å². The molecule has 0 saturated carbocycles. The minimum Gasteiger partial charge on any atom is -0.513 e. The Balaban J connectivity index is 2.49. The first-order chi connectivity index (χ1) is 4.30. The summed E-state index contributed by atoms with van der Waals surface area (Å²) in [7, 11) is 0. The van der Waals surface area contributed by atoms with Crippen molar-refractivity contribution in [3.63, 3.8) is 0 Å². The van der Waals surface area contributed by atoms with Crippen molar-refractivity contribution in [3.05, 3.63) is 11.3 Å². The van der Waals surface area contributed by atoms with E-state index >= 15 is 0 Å². The van der Waals surface area contributed by atoms with E-state index in [1.165, 1.54) is 17.1 Å². The lowest BCUT2D eigenvalue weighted by Crippen LogP contribution is -2.00. The molecule has 0 aliphatic carbocycles. The van der Waals surface area contributed by atoms with E-state index < -0.39 is 0 Å². The Bertz CT molecular complexity index is 117. The fourth-order valence-corrected chi connectivity index (χ4v) is 1.97. The molecule has 9 heavy (non-hydrogen) atoms. The summed E-state index contributed by atoms with van der Waals surface area (Å²) in [6, 6.07) is 0. The van der Waals surface area contributed by atoms with Crippen molar-refractivity contribution in [1.29, 1.82) is 0 Å². The SMILES string of the molecule is CC(O)=C1CCSCC1. The molecule has 0 aromatic heterocycles. The maximum absolute atomic E-state index is 9.05. The molecule has 52 valence electrons. The van der Waals surface area contributed by atoms with Crippen LogP contribution in [0, 0.1) is 0 Å². The van der Waals surface area contributed by atoms with E-state index in [0.29, 0.717) is 5.76 Å². The summed E-state index contributed by atoms with van der Waals surface area (Å²) in [6.45, 7) is 1.78. The Morgan fingerprint density at radius 2 is 2.00 bits per heavy atom. The summed E-state index contributed by atoms with van der Waals surface area (Å²) in [4.78, 5) is 0. The van der Waals surface area contributed by atoms with Gasteiger partial charge in [0.05, 0.1) is 5.76 Å². The minimum absolute atomic E-state index is 0.551. The van der Waals surface area contributed by atoms with Crippen molar-refractivity contribution in [2.75, 3.05) is 11.5 Å². The van der Waals surface area contributed by atoms with Gasteiger partial charge in [-0.3, -0.25) is 0 Å².